The van der Waals surface area contributed by atoms with E-state index in [2.05, 4.69) is 10.2 Å². The summed E-state index contributed by atoms with van der Waals surface area (Å²) in [5.41, 5.74) is -2.09. The highest BCUT2D eigenvalue weighted by molar-refractivity contribution is 5.80. The van der Waals surface area contributed by atoms with Crippen LogP contribution in [-0.2, 0) is 23.8 Å². The Morgan fingerprint density at radius 3 is 2.21 bits per heavy atom. The summed E-state index contributed by atoms with van der Waals surface area (Å²) in [5.74, 6) is 1.22. The molecule has 1 saturated heterocycles. The molecule has 4 rings (SSSR count). The molecule has 0 radical (unpaired) electrons. The number of methoxy groups -OCH3 is 1. The zero-order valence-corrected chi connectivity index (χ0v) is 26.5. The smallest absolute Gasteiger partial charge is 0.407 e. The maximum absolute atomic E-state index is 13.5. The van der Waals surface area contributed by atoms with Gasteiger partial charge in [0.25, 0.3) is 0 Å². The molecular formula is C33H56N2O7. The van der Waals surface area contributed by atoms with Crippen molar-refractivity contribution in [3.8, 4) is 0 Å². The van der Waals surface area contributed by atoms with Gasteiger partial charge in [-0.05, 0) is 96.3 Å². The Labute approximate surface area is 252 Å². The van der Waals surface area contributed by atoms with Crippen molar-refractivity contribution in [3.05, 3.63) is 0 Å². The minimum absolute atomic E-state index is 0.0585. The van der Waals surface area contributed by atoms with Gasteiger partial charge in [0, 0.05) is 31.5 Å². The predicted octanol–water partition coefficient (Wildman–Crippen LogP) is 5.23. The number of piperidine rings is 1. The molecule has 2 N–H and O–H groups in total. The van der Waals surface area contributed by atoms with Crippen LogP contribution >= 0.6 is 0 Å². The molecule has 0 spiro atoms. The van der Waals surface area contributed by atoms with E-state index in [0.29, 0.717) is 30.7 Å². The first-order valence-corrected chi connectivity index (χ1v) is 16.7. The van der Waals surface area contributed by atoms with Crippen molar-refractivity contribution < 1.29 is 33.7 Å². The van der Waals surface area contributed by atoms with Crippen molar-refractivity contribution in [2.45, 2.75) is 128 Å². The zero-order chi connectivity index (χ0) is 30.3. The van der Waals surface area contributed by atoms with Gasteiger partial charge in [0.2, 0.25) is 5.91 Å². The molecule has 3 saturated carbocycles. The third kappa shape index (κ3) is 8.84. The number of hydrogen-bond donors (Lipinski definition) is 2. The summed E-state index contributed by atoms with van der Waals surface area (Å²) in [6, 6.07) is 0. The lowest BCUT2D eigenvalue weighted by atomic mass is 9.72. The summed E-state index contributed by atoms with van der Waals surface area (Å²) in [5, 5.41) is 14.2. The van der Waals surface area contributed by atoms with E-state index in [9.17, 15) is 19.5 Å². The van der Waals surface area contributed by atoms with Crippen LogP contribution in [0, 0.1) is 29.6 Å². The second kappa shape index (κ2) is 14.7. The van der Waals surface area contributed by atoms with Gasteiger partial charge >= 0.3 is 12.1 Å². The number of aliphatic hydroxyl groups is 1. The lowest BCUT2D eigenvalue weighted by Crippen LogP contribution is -2.51. The predicted molar refractivity (Wildman–Crippen MR) is 160 cm³/mol. The molecule has 42 heavy (non-hydrogen) atoms. The highest BCUT2D eigenvalue weighted by Crippen LogP contribution is 2.40. The number of esters is 1. The third-order valence-corrected chi connectivity index (χ3v) is 10.4. The van der Waals surface area contributed by atoms with Crippen LogP contribution in [-0.4, -0.2) is 78.6 Å². The number of nitrogens with one attached hydrogen (secondary N) is 1. The summed E-state index contributed by atoms with van der Waals surface area (Å²) >= 11 is 0. The summed E-state index contributed by atoms with van der Waals surface area (Å²) in [4.78, 5) is 40.2. The van der Waals surface area contributed by atoms with Gasteiger partial charge < -0.3 is 29.5 Å². The topological polar surface area (TPSA) is 114 Å². The maximum Gasteiger partial charge on any atom is 0.407 e. The molecule has 5 atom stereocenters. The van der Waals surface area contributed by atoms with E-state index < -0.39 is 17.2 Å². The lowest BCUT2D eigenvalue weighted by molar-refractivity contribution is -0.182. The first kappa shape index (κ1) is 33.0. The fraction of sp³-hybridized carbons (Fsp3) is 0.909. The van der Waals surface area contributed by atoms with Crippen LogP contribution in [0.1, 0.15) is 111 Å². The average molecular weight is 593 g/mol. The molecule has 0 aromatic heterocycles. The normalized spacial score (nSPS) is 29.5. The molecule has 9 heteroatoms. The van der Waals surface area contributed by atoms with Crippen LogP contribution in [0.3, 0.4) is 0 Å². The van der Waals surface area contributed by atoms with Crippen LogP contribution in [0.15, 0.2) is 0 Å². The van der Waals surface area contributed by atoms with Gasteiger partial charge in [-0.1, -0.05) is 32.1 Å². The number of ether oxygens (including phenoxy) is 3. The minimum atomic E-state index is -1.60. The second-order valence-electron chi connectivity index (χ2n) is 14.5. The zero-order valence-electron chi connectivity index (χ0n) is 26.5. The van der Waals surface area contributed by atoms with Crippen LogP contribution < -0.4 is 5.32 Å². The standard InChI is InChI=1S/C33H56N2O7/c1-32(2,3)42-31(38)34-21-23-9-7-10-25(19-23)24-15-17-35(18-16-24)29(36)26-11-8-14-28(20-26)41-22-33(39,30(37)40-4)27-12-5-6-13-27/h23-28,39H,5-22H2,1-4H3,(H,34,38). The largest absolute Gasteiger partial charge is 0.467 e. The van der Waals surface area contributed by atoms with E-state index in [1.807, 2.05) is 20.8 Å². The van der Waals surface area contributed by atoms with Crippen LogP contribution in [0.25, 0.3) is 0 Å². The molecule has 4 aliphatic rings. The number of nitrogens with zero attached hydrogens (tertiary/aromatic N) is 1. The Hall–Kier alpha value is -1.87. The molecule has 240 valence electrons. The van der Waals surface area contributed by atoms with E-state index in [4.69, 9.17) is 14.2 Å². The first-order valence-electron chi connectivity index (χ1n) is 16.7. The van der Waals surface area contributed by atoms with E-state index in [0.717, 1.165) is 83.7 Å². The van der Waals surface area contributed by atoms with Crippen molar-refractivity contribution in [1.29, 1.82) is 0 Å². The number of amides is 2. The third-order valence-electron chi connectivity index (χ3n) is 10.4. The van der Waals surface area contributed by atoms with Crippen molar-refractivity contribution >= 4 is 18.0 Å². The van der Waals surface area contributed by atoms with Gasteiger partial charge in [0.15, 0.2) is 5.60 Å². The Morgan fingerprint density at radius 2 is 1.55 bits per heavy atom. The number of alkyl carbamates (subject to hydrolysis) is 1. The van der Waals surface area contributed by atoms with Gasteiger partial charge in [-0.15, -0.1) is 0 Å². The lowest BCUT2D eigenvalue weighted by Gasteiger charge is -2.41. The van der Waals surface area contributed by atoms with Crippen molar-refractivity contribution in [3.63, 3.8) is 0 Å². The molecule has 1 heterocycles. The summed E-state index contributed by atoms with van der Waals surface area (Å²) in [7, 11) is 1.32. The average Bonchev–Trinajstić information content (AvgIpc) is 3.54. The minimum Gasteiger partial charge on any atom is -0.467 e. The number of rotatable bonds is 9. The molecule has 0 bridgehead atoms. The van der Waals surface area contributed by atoms with E-state index >= 15 is 0 Å². The maximum atomic E-state index is 13.5. The van der Waals surface area contributed by atoms with Gasteiger partial charge in [-0.2, -0.15) is 0 Å². The van der Waals surface area contributed by atoms with Crippen molar-refractivity contribution in [2.75, 3.05) is 33.4 Å². The Morgan fingerprint density at radius 1 is 0.857 bits per heavy atom. The molecular weight excluding hydrogens is 536 g/mol. The highest BCUT2D eigenvalue weighted by Gasteiger charge is 2.47. The van der Waals surface area contributed by atoms with Crippen LogP contribution in [0.2, 0.25) is 0 Å². The first-order chi connectivity index (χ1) is 20.0. The van der Waals surface area contributed by atoms with Gasteiger partial charge in [-0.25, -0.2) is 9.59 Å². The monoisotopic (exact) mass is 592 g/mol. The van der Waals surface area contributed by atoms with Crippen LogP contribution in [0.5, 0.6) is 0 Å². The summed E-state index contributed by atoms with van der Waals surface area (Å²) < 4.78 is 16.5. The van der Waals surface area contributed by atoms with Gasteiger partial charge in [0.1, 0.15) is 5.60 Å². The molecule has 0 aromatic carbocycles. The van der Waals surface area contributed by atoms with E-state index in [1.165, 1.54) is 20.0 Å². The summed E-state index contributed by atoms with van der Waals surface area (Å²) in [6.07, 6.45) is 13.2. The van der Waals surface area contributed by atoms with E-state index in [-0.39, 0.29) is 36.5 Å². The quantitative estimate of drug-likeness (QED) is 0.353. The van der Waals surface area contributed by atoms with Gasteiger partial charge in [0.05, 0.1) is 19.8 Å². The van der Waals surface area contributed by atoms with E-state index in [1.54, 1.807) is 0 Å². The fourth-order valence-electron chi connectivity index (χ4n) is 8.03. The number of carbonyl (C=O) groups is 3. The molecule has 2 amide bonds. The SMILES string of the molecule is COC(=O)C(O)(COC1CCCC(C(=O)N2CCC(C3CCCC(CNC(=O)OC(C)(C)C)C3)CC2)C1)C1CCCC1. The molecule has 9 nitrogen and oxygen atoms in total. The Kier molecular flexibility index (Phi) is 11.6. The molecule has 3 aliphatic carbocycles. The highest BCUT2D eigenvalue weighted by atomic mass is 16.6. The second-order valence-corrected chi connectivity index (χ2v) is 14.5. The molecule has 5 unspecified atom stereocenters. The number of likely N-dealkylation sites (tertiary alicyclic amines) is 1. The fourth-order valence-corrected chi connectivity index (χ4v) is 8.03. The molecule has 0 aromatic rings. The molecule has 4 fully saturated rings. The molecule has 1 aliphatic heterocycles. The number of hydrogen-bond acceptors (Lipinski definition) is 7. The van der Waals surface area contributed by atoms with Crippen LogP contribution in [0.4, 0.5) is 4.79 Å². The summed E-state index contributed by atoms with van der Waals surface area (Å²) in [6.45, 7) is 7.88. The Balaban J connectivity index is 1.21. The number of carbonyl (C=O) groups excluding carboxylic acids is 3. The van der Waals surface area contributed by atoms with Crippen molar-refractivity contribution in [2.24, 2.45) is 29.6 Å². The Bertz CT molecular complexity index is 907. The van der Waals surface area contributed by atoms with Gasteiger partial charge in [-0.3, -0.25) is 4.79 Å². The van der Waals surface area contributed by atoms with Crippen molar-refractivity contribution in [1.82, 2.24) is 10.2 Å².